The van der Waals surface area contributed by atoms with Crippen LogP contribution < -0.4 is 0 Å². The van der Waals surface area contributed by atoms with Gasteiger partial charge < -0.3 is 20.1 Å². The van der Waals surface area contributed by atoms with Crippen LogP contribution in [0.15, 0.2) is 10.2 Å². The van der Waals surface area contributed by atoms with E-state index in [1.807, 2.05) is 0 Å². The van der Waals surface area contributed by atoms with Crippen LogP contribution in [-0.4, -0.2) is 52.5 Å². The molecule has 0 aromatic heterocycles. The number of hydrogen-bond acceptors (Lipinski definition) is 6. The van der Waals surface area contributed by atoms with E-state index >= 15 is 0 Å². The lowest BCUT2D eigenvalue weighted by atomic mass is 10.0. The maximum absolute atomic E-state index is 10.5. The summed E-state index contributed by atoms with van der Waals surface area (Å²) in [5, 5.41) is 33.3. The maximum atomic E-state index is 10.5. The van der Waals surface area contributed by atoms with Crippen molar-refractivity contribution < 1.29 is 20.1 Å². The van der Waals surface area contributed by atoms with Gasteiger partial charge in [-0.3, -0.25) is 0 Å². The minimum absolute atomic E-state index is 0.147. The summed E-state index contributed by atoms with van der Waals surface area (Å²) in [6, 6.07) is -2.97. The minimum atomic E-state index is -1.70. The molecule has 10 nitrogen and oxygen atoms in total. The highest BCUT2D eigenvalue weighted by molar-refractivity contribution is 5.59. The van der Waals surface area contributed by atoms with Crippen LogP contribution in [0.5, 0.6) is 0 Å². The summed E-state index contributed by atoms with van der Waals surface area (Å²) >= 11 is 0. The van der Waals surface area contributed by atoms with Crippen molar-refractivity contribution in [2.24, 2.45) is 10.2 Å². The molecular formula is C6H10N6O4. The third kappa shape index (κ3) is 3.73. The van der Waals surface area contributed by atoms with Crippen LogP contribution in [0.4, 0.5) is 0 Å². The Morgan fingerprint density at radius 2 is 1.81 bits per heavy atom. The molecule has 0 aromatic carbocycles. The number of rotatable bonds is 7. The van der Waals surface area contributed by atoms with Crippen molar-refractivity contribution in [2.75, 3.05) is 6.61 Å². The molecule has 10 heteroatoms. The lowest BCUT2D eigenvalue weighted by Gasteiger charge is -2.23. The Bertz CT molecular complexity index is 323. The Kier molecular flexibility index (Phi) is 6.61. The van der Waals surface area contributed by atoms with Gasteiger partial charge in [-0.2, -0.15) is 0 Å². The molecule has 0 fully saturated rings. The Balaban J connectivity index is 4.96. The second kappa shape index (κ2) is 7.46. The minimum Gasteiger partial charge on any atom is -0.394 e. The van der Waals surface area contributed by atoms with Crippen LogP contribution in [0.2, 0.25) is 0 Å². The van der Waals surface area contributed by atoms with Crippen molar-refractivity contribution in [3.05, 3.63) is 20.9 Å². The third-order valence-corrected chi connectivity index (χ3v) is 1.79. The lowest BCUT2D eigenvalue weighted by Crippen LogP contribution is -2.44. The second-order valence-corrected chi connectivity index (χ2v) is 2.77. The van der Waals surface area contributed by atoms with Crippen LogP contribution in [-0.2, 0) is 4.79 Å². The molecule has 0 heterocycles. The summed E-state index contributed by atoms with van der Waals surface area (Å²) in [7, 11) is 0. The number of hydrogen-bond donors (Lipinski definition) is 3. The van der Waals surface area contributed by atoms with Crippen molar-refractivity contribution in [3.8, 4) is 0 Å². The maximum Gasteiger partial charge on any atom is 0.131 e. The molecule has 16 heavy (non-hydrogen) atoms. The fraction of sp³-hybridized carbons (Fsp3) is 0.833. The number of aliphatic hydroxyl groups is 3. The molecule has 88 valence electrons. The quantitative estimate of drug-likeness (QED) is 0.226. The molecule has 4 atom stereocenters. The van der Waals surface area contributed by atoms with Gasteiger partial charge in [-0.25, -0.2) is 0 Å². The summed E-state index contributed by atoms with van der Waals surface area (Å²) in [5.41, 5.74) is 16.3. The highest BCUT2D eigenvalue weighted by Gasteiger charge is 2.31. The molecule has 0 aliphatic heterocycles. The number of carbonyl (C=O) groups is 1. The van der Waals surface area contributed by atoms with Crippen molar-refractivity contribution in [1.82, 2.24) is 0 Å². The first kappa shape index (κ1) is 14.2. The third-order valence-electron chi connectivity index (χ3n) is 1.79. The molecule has 0 spiro atoms. The molecule has 3 N–H and O–H groups in total. The van der Waals surface area contributed by atoms with E-state index in [1.165, 1.54) is 0 Å². The van der Waals surface area contributed by atoms with Crippen molar-refractivity contribution in [2.45, 2.75) is 24.3 Å². The van der Waals surface area contributed by atoms with Gasteiger partial charge in [0.1, 0.15) is 12.3 Å². The fourth-order valence-corrected chi connectivity index (χ4v) is 0.978. The van der Waals surface area contributed by atoms with Gasteiger partial charge in [0.15, 0.2) is 0 Å². The summed E-state index contributed by atoms with van der Waals surface area (Å²) in [6.45, 7) is -0.775. The molecular weight excluding hydrogens is 220 g/mol. The van der Waals surface area contributed by atoms with Crippen LogP contribution in [0, 0.1) is 0 Å². The largest absolute Gasteiger partial charge is 0.394 e. The van der Waals surface area contributed by atoms with E-state index in [1.54, 1.807) is 0 Å². The van der Waals surface area contributed by atoms with Crippen LogP contribution in [0.25, 0.3) is 20.9 Å². The van der Waals surface area contributed by atoms with Gasteiger partial charge in [-0.05, 0) is 11.1 Å². The normalized spacial score (nSPS) is 17.2. The number of aliphatic hydroxyl groups excluding tert-OH is 3. The smallest absolute Gasteiger partial charge is 0.131 e. The molecule has 0 amide bonds. The summed E-state index contributed by atoms with van der Waals surface area (Å²) in [5.74, 6) is 0. The van der Waals surface area contributed by atoms with E-state index in [0.717, 1.165) is 0 Å². The Morgan fingerprint density at radius 1 is 1.25 bits per heavy atom. The van der Waals surface area contributed by atoms with E-state index in [-0.39, 0.29) is 6.29 Å². The molecule has 0 radical (unpaired) electrons. The van der Waals surface area contributed by atoms with Gasteiger partial charge in [-0.15, -0.1) is 0 Å². The zero-order valence-corrected chi connectivity index (χ0v) is 8.03. The van der Waals surface area contributed by atoms with Crippen LogP contribution >= 0.6 is 0 Å². The first-order chi connectivity index (χ1) is 7.62. The molecule has 0 saturated heterocycles. The zero-order chi connectivity index (χ0) is 12.6. The van der Waals surface area contributed by atoms with Gasteiger partial charge in [0.05, 0.1) is 24.9 Å². The molecule has 0 unspecified atom stereocenters. The summed E-state index contributed by atoms with van der Waals surface area (Å²) < 4.78 is 0. The Morgan fingerprint density at radius 3 is 2.19 bits per heavy atom. The number of carbonyl (C=O) groups excluding carboxylic acids is 1. The fourth-order valence-electron chi connectivity index (χ4n) is 0.978. The molecule has 0 aliphatic rings. The highest BCUT2D eigenvalue weighted by Crippen LogP contribution is 2.11. The molecule has 0 saturated carbocycles. The number of nitrogens with zero attached hydrogens (tertiary/aromatic N) is 6. The average molecular weight is 230 g/mol. The predicted octanol–water partition coefficient (Wildman–Crippen LogP) is -0.743. The van der Waals surface area contributed by atoms with Gasteiger partial charge in [0.2, 0.25) is 0 Å². The van der Waals surface area contributed by atoms with Crippen LogP contribution in [0.3, 0.4) is 0 Å². The standard InChI is InChI=1S/C6H10N6O4/c7-11-9-3(1-13)6(16)5(10-12-8)4(15)2-14/h1,3-6,14-16H,2H2/t3-,4-,5-,6-/m1/s1. The SMILES string of the molecule is [N-]=[N+]=N[C@@H]([C@H](O)[C@@H](C=O)N=[N+]=[N-])[C@H](O)CO. The number of aldehydes is 1. The molecule has 0 aliphatic carbocycles. The van der Waals surface area contributed by atoms with Gasteiger partial charge in [0, 0.05) is 9.82 Å². The van der Waals surface area contributed by atoms with Gasteiger partial charge >= 0.3 is 0 Å². The molecule has 0 rings (SSSR count). The van der Waals surface area contributed by atoms with Crippen molar-refractivity contribution >= 4 is 6.29 Å². The zero-order valence-electron chi connectivity index (χ0n) is 8.03. The molecule has 0 aromatic rings. The topological polar surface area (TPSA) is 175 Å². The van der Waals surface area contributed by atoms with Crippen molar-refractivity contribution in [3.63, 3.8) is 0 Å². The lowest BCUT2D eigenvalue weighted by molar-refractivity contribution is -0.111. The van der Waals surface area contributed by atoms with E-state index in [2.05, 4.69) is 20.1 Å². The van der Waals surface area contributed by atoms with Crippen LogP contribution in [0.1, 0.15) is 0 Å². The van der Waals surface area contributed by atoms with Gasteiger partial charge in [-0.1, -0.05) is 10.2 Å². The van der Waals surface area contributed by atoms with Crippen molar-refractivity contribution in [1.29, 1.82) is 0 Å². The first-order valence-corrected chi connectivity index (χ1v) is 4.13. The highest BCUT2D eigenvalue weighted by atomic mass is 16.3. The van der Waals surface area contributed by atoms with E-state index < -0.39 is 30.9 Å². The van der Waals surface area contributed by atoms with E-state index in [0.29, 0.717) is 0 Å². The Hall–Kier alpha value is -1.83. The van der Waals surface area contributed by atoms with Gasteiger partial charge in [0.25, 0.3) is 0 Å². The Labute approximate surface area is 89.4 Å². The van der Waals surface area contributed by atoms with E-state index in [9.17, 15) is 15.0 Å². The predicted molar refractivity (Wildman–Crippen MR) is 51.0 cm³/mol. The van der Waals surface area contributed by atoms with E-state index in [4.69, 9.17) is 16.2 Å². The monoisotopic (exact) mass is 230 g/mol. The average Bonchev–Trinajstić information content (AvgIpc) is 2.31. The first-order valence-electron chi connectivity index (χ1n) is 4.13. The summed E-state index contributed by atoms with van der Waals surface area (Å²) in [4.78, 5) is 15.1. The second-order valence-electron chi connectivity index (χ2n) is 2.77. The number of azide groups is 2. The molecule has 0 bridgehead atoms. The summed E-state index contributed by atoms with van der Waals surface area (Å²) in [6.07, 6.45) is -3.11.